The van der Waals surface area contributed by atoms with Crippen molar-refractivity contribution in [3.8, 4) is 0 Å². The smallest absolute Gasteiger partial charge is 0.338 e. The lowest BCUT2D eigenvalue weighted by Crippen LogP contribution is -2.12. The summed E-state index contributed by atoms with van der Waals surface area (Å²) in [6.45, 7) is 1.13. The molecule has 0 spiro atoms. The van der Waals surface area contributed by atoms with Crippen LogP contribution < -0.4 is 0 Å². The lowest BCUT2D eigenvalue weighted by atomic mass is 9.94. The van der Waals surface area contributed by atoms with Crippen LogP contribution in [0.3, 0.4) is 0 Å². The molecule has 0 saturated carbocycles. The Labute approximate surface area is 83.4 Å². The molecule has 0 N–H and O–H groups in total. The number of esters is 1. The Kier molecular flexibility index (Phi) is 2.68. The van der Waals surface area contributed by atoms with Crippen LogP contribution in [0.2, 0.25) is 0 Å². The van der Waals surface area contributed by atoms with Gasteiger partial charge in [0.05, 0.1) is 12.2 Å². The van der Waals surface area contributed by atoms with Crippen LogP contribution in [0.4, 0.5) is 0 Å². The summed E-state index contributed by atoms with van der Waals surface area (Å²) in [5.74, 6) is 0.163. The van der Waals surface area contributed by atoms with Crippen LogP contribution in [-0.2, 0) is 14.3 Å². The molecule has 0 aromatic carbocycles. The fraction of sp³-hybridized carbons (Fsp3) is 0.545. The minimum Gasteiger partial charge on any atom is -0.458 e. The number of hydrogen-bond donors (Lipinski definition) is 0. The number of cyclic esters (lactones) is 1. The monoisotopic (exact) mass is 194 g/mol. The van der Waals surface area contributed by atoms with Gasteiger partial charge < -0.3 is 9.47 Å². The van der Waals surface area contributed by atoms with Gasteiger partial charge in [-0.25, -0.2) is 4.79 Å². The first-order chi connectivity index (χ1) is 6.83. The van der Waals surface area contributed by atoms with E-state index in [1.54, 1.807) is 7.11 Å². The van der Waals surface area contributed by atoms with Crippen molar-refractivity contribution in [1.82, 2.24) is 0 Å². The largest absolute Gasteiger partial charge is 0.458 e. The normalized spacial score (nSPS) is 26.1. The SMILES string of the molecule is COCC1CCC=CC2=C1COC2=O. The molecule has 3 heteroatoms. The first-order valence-corrected chi connectivity index (χ1v) is 4.88. The summed E-state index contributed by atoms with van der Waals surface area (Å²) in [6, 6.07) is 0. The number of methoxy groups -OCH3 is 1. The summed E-state index contributed by atoms with van der Waals surface area (Å²) in [4.78, 5) is 11.3. The number of carbonyl (C=O) groups excluding carboxylic acids is 1. The average molecular weight is 194 g/mol. The molecule has 1 atom stereocenters. The van der Waals surface area contributed by atoms with Gasteiger partial charge in [-0.2, -0.15) is 0 Å². The molecule has 0 aromatic rings. The predicted octanol–water partition coefficient (Wildman–Crippen LogP) is 1.45. The molecule has 0 amide bonds. The lowest BCUT2D eigenvalue weighted by molar-refractivity contribution is -0.135. The Hall–Kier alpha value is -1.09. The van der Waals surface area contributed by atoms with Crippen LogP contribution in [0.1, 0.15) is 12.8 Å². The molecule has 76 valence electrons. The van der Waals surface area contributed by atoms with E-state index < -0.39 is 0 Å². The maximum Gasteiger partial charge on any atom is 0.338 e. The second kappa shape index (κ2) is 3.96. The Morgan fingerprint density at radius 1 is 1.64 bits per heavy atom. The second-order valence-electron chi connectivity index (χ2n) is 3.65. The minimum absolute atomic E-state index is 0.181. The molecule has 1 heterocycles. The number of carbonyl (C=O) groups is 1. The second-order valence-corrected chi connectivity index (χ2v) is 3.65. The summed E-state index contributed by atoms with van der Waals surface area (Å²) < 4.78 is 10.2. The Bertz CT molecular complexity index is 302. The van der Waals surface area contributed by atoms with Gasteiger partial charge in [0.15, 0.2) is 0 Å². The van der Waals surface area contributed by atoms with Crippen LogP contribution in [0.25, 0.3) is 0 Å². The van der Waals surface area contributed by atoms with Crippen molar-refractivity contribution in [1.29, 1.82) is 0 Å². The average Bonchev–Trinajstić information content (AvgIpc) is 2.43. The molecule has 2 aliphatic rings. The highest BCUT2D eigenvalue weighted by Crippen LogP contribution is 2.30. The number of allylic oxidation sites excluding steroid dienone is 1. The van der Waals surface area contributed by atoms with Crippen molar-refractivity contribution >= 4 is 5.97 Å². The van der Waals surface area contributed by atoms with Gasteiger partial charge in [0.2, 0.25) is 0 Å². The van der Waals surface area contributed by atoms with Gasteiger partial charge in [-0.1, -0.05) is 12.2 Å². The van der Waals surface area contributed by atoms with Crippen LogP contribution in [0.15, 0.2) is 23.3 Å². The van der Waals surface area contributed by atoms with Crippen molar-refractivity contribution in [3.05, 3.63) is 23.3 Å². The number of ether oxygens (including phenoxy) is 2. The quantitative estimate of drug-likeness (QED) is 0.624. The molecule has 0 radical (unpaired) electrons. The van der Waals surface area contributed by atoms with Gasteiger partial charge in [-0.15, -0.1) is 0 Å². The zero-order chi connectivity index (χ0) is 9.97. The summed E-state index contributed by atoms with van der Waals surface area (Å²) in [5.41, 5.74) is 1.87. The minimum atomic E-state index is -0.181. The molecule has 0 bridgehead atoms. The van der Waals surface area contributed by atoms with Gasteiger partial charge in [0.25, 0.3) is 0 Å². The lowest BCUT2D eigenvalue weighted by Gasteiger charge is -2.14. The van der Waals surface area contributed by atoms with Gasteiger partial charge in [-0.05, 0) is 18.4 Å². The van der Waals surface area contributed by atoms with Crippen LogP contribution >= 0.6 is 0 Å². The van der Waals surface area contributed by atoms with Crippen molar-refractivity contribution in [2.75, 3.05) is 20.3 Å². The van der Waals surface area contributed by atoms with E-state index in [-0.39, 0.29) is 5.97 Å². The molecular formula is C11H14O3. The van der Waals surface area contributed by atoms with Gasteiger partial charge in [0.1, 0.15) is 6.61 Å². The standard InChI is InChI=1S/C11H14O3/c1-13-6-8-4-2-3-5-9-10(8)7-14-11(9)12/h3,5,8H,2,4,6-7H2,1H3. The van der Waals surface area contributed by atoms with E-state index in [0.717, 1.165) is 24.0 Å². The van der Waals surface area contributed by atoms with E-state index in [2.05, 4.69) is 0 Å². The topological polar surface area (TPSA) is 35.5 Å². The Morgan fingerprint density at radius 3 is 3.29 bits per heavy atom. The molecule has 1 unspecified atom stereocenters. The summed E-state index contributed by atoms with van der Waals surface area (Å²) in [5, 5.41) is 0. The van der Waals surface area contributed by atoms with Crippen molar-refractivity contribution in [2.24, 2.45) is 5.92 Å². The molecule has 1 aliphatic heterocycles. The van der Waals surface area contributed by atoms with E-state index in [0.29, 0.717) is 19.1 Å². The van der Waals surface area contributed by atoms with Crippen LogP contribution in [0.5, 0.6) is 0 Å². The van der Waals surface area contributed by atoms with Crippen molar-refractivity contribution in [3.63, 3.8) is 0 Å². The van der Waals surface area contributed by atoms with E-state index in [1.165, 1.54) is 0 Å². The van der Waals surface area contributed by atoms with E-state index in [4.69, 9.17) is 9.47 Å². The molecule has 14 heavy (non-hydrogen) atoms. The third-order valence-electron chi connectivity index (χ3n) is 2.75. The molecule has 1 aliphatic carbocycles. The maximum absolute atomic E-state index is 11.3. The third kappa shape index (κ3) is 1.60. The van der Waals surface area contributed by atoms with Gasteiger partial charge in [-0.3, -0.25) is 0 Å². The molecule has 0 saturated heterocycles. The summed E-state index contributed by atoms with van der Waals surface area (Å²) >= 11 is 0. The summed E-state index contributed by atoms with van der Waals surface area (Å²) in [6.07, 6.45) is 5.98. The van der Waals surface area contributed by atoms with Crippen molar-refractivity contribution in [2.45, 2.75) is 12.8 Å². The van der Waals surface area contributed by atoms with Crippen molar-refractivity contribution < 1.29 is 14.3 Å². The fourth-order valence-corrected chi connectivity index (χ4v) is 2.00. The first kappa shape index (κ1) is 9.46. The van der Waals surface area contributed by atoms with Crippen LogP contribution in [0, 0.1) is 5.92 Å². The third-order valence-corrected chi connectivity index (χ3v) is 2.75. The zero-order valence-electron chi connectivity index (χ0n) is 8.29. The molecular weight excluding hydrogens is 180 g/mol. The molecule has 0 fully saturated rings. The highest BCUT2D eigenvalue weighted by atomic mass is 16.5. The summed E-state index contributed by atoms with van der Waals surface area (Å²) in [7, 11) is 1.69. The maximum atomic E-state index is 11.3. The Balaban J connectivity index is 2.25. The molecule has 2 rings (SSSR count). The van der Waals surface area contributed by atoms with E-state index in [1.807, 2.05) is 12.2 Å². The first-order valence-electron chi connectivity index (χ1n) is 4.88. The number of rotatable bonds is 2. The highest BCUT2D eigenvalue weighted by Gasteiger charge is 2.29. The predicted molar refractivity (Wildman–Crippen MR) is 51.7 cm³/mol. The molecule has 0 aromatic heterocycles. The number of hydrogen-bond acceptors (Lipinski definition) is 3. The highest BCUT2D eigenvalue weighted by molar-refractivity contribution is 5.95. The fourth-order valence-electron chi connectivity index (χ4n) is 2.00. The van der Waals surface area contributed by atoms with Gasteiger partial charge in [0, 0.05) is 13.0 Å². The zero-order valence-corrected chi connectivity index (χ0v) is 8.29. The Morgan fingerprint density at radius 2 is 2.50 bits per heavy atom. The van der Waals surface area contributed by atoms with Crippen LogP contribution in [-0.4, -0.2) is 26.3 Å². The molecule has 3 nitrogen and oxygen atoms in total. The van der Waals surface area contributed by atoms with Gasteiger partial charge >= 0.3 is 5.97 Å². The van der Waals surface area contributed by atoms with E-state index in [9.17, 15) is 4.79 Å². The van der Waals surface area contributed by atoms with E-state index >= 15 is 0 Å².